The summed E-state index contributed by atoms with van der Waals surface area (Å²) < 4.78 is 22.7. The Labute approximate surface area is 133 Å². The first-order valence-electron chi connectivity index (χ1n) is 6.50. The molecule has 6 nitrogen and oxygen atoms in total. The number of thiazole rings is 1. The minimum Gasteiger partial charge on any atom is -0.362 e. The third kappa shape index (κ3) is 4.45. The third-order valence-electron chi connectivity index (χ3n) is 3.21. The van der Waals surface area contributed by atoms with Crippen LogP contribution in [0.5, 0.6) is 0 Å². The molecule has 0 aromatic carbocycles. The number of hydrogen-bond donors (Lipinski definition) is 2. The van der Waals surface area contributed by atoms with Gasteiger partial charge in [-0.25, -0.2) is 13.4 Å². The quantitative estimate of drug-likeness (QED) is 0.628. The first-order valence-corrected chi connectivity index (χ1v) is 9.55. The fourth-order valence-corrected chi connectivity index (χ4v) is 5.16. The van der Waals surface area contributed by atoms with E-state index in [1.54, 1.807) is 6.92 Å². The van der Waals surface area contributed by atoms with E-state index in [1.165, 1.54) is 18.3 Å². The number of thiocarbonyl (C=S) groups is 1. The number of hydrogen-bond acceptors (Lipinski definition) is 6. The van der Waals surface area contributed by atoms with Gasteiger partial charge in [0.2, 0.25) is 0 Å². The van der Waals surface area contributed by atoms with Crippen molar-refractivity contribution in [3.63, 3.8) is 0 Å². The van der Waals surface area contributed by atoms with Crippen LogP contribution in [0.4, 0.5) is 5.13 Å². The predicted molar refractivity (Wildman–Crippen MR) is 87.8 cm³/mol. The van der Waals surface area contributed by atoms with Crippen molar-refractivity contribution in [1.82, 2.24) is 10.3 Å². The van der Waals surface area contributed by atoms with E-state index in [9.17, 15) is 13.2 Å². The van der Waals surface area contributed by atoms with Crippen molar-refractivity contribution < 1.29 is 13.2 Å². The lowest BCUT2D eigenvalue weighted by Crippen LogP contribution is -2.33. The summed E-state index contributed by atoms with van der Waals surface area (Å²) in [6.45, 7) is 3.80. The molecule has 0 spiro atoms. The van der Waals surface area contributed by atoms with Gasteiger partial charge in [0.05, 0.1) is 22.1 Å². The van der Waals surface area contributed by atoms with Crippen LogP contribution in [0.15, 0.2) is 0 Å². The van der Waals surface area contributed by atoms with Crippen molar-refractivity contribution in [2.24, 2.45) is 5.92 Å². The number of aromatic nitrogens is 1. The normalized spacial score (nSPS) is 20.2. The molecule has 21 heavy (non-hydrogen) atoms. The second-order valence-corrected chi connectivity index (χ2v) is 8.73. The average Bonchev–Trinajstić information content (AvgIpc) is 2.89. The first-order chi connectivity index (χ1) is 9.77. The minimum atomic E-state index is -2.87. The van der Waals surface area contributed by atoms with Gasteiger partial charge in [-0.1, -0.05) is 11.3 Å². The molecule has 1 aliphatic heterocycles. The SMILES string of the molecule is CC(=O)c1sc(NC(=S)NC[C@@H]2CCS(=O)(=O)C2)nc1C. The zero-order valence-corrected chi connectivity index (χ0v) is 14.3. The van der Waals surface area contributed by atoms with E-state index in [4.69, 9.17) is 12.2 Å². The fraction of sp³-hybridized carbons (Fsp3) is 0.583. The molecule has 2 rings (SSSR count). The van der Waals surface area contributed by atoms with Crippen LogP contribution in [0.1, 0.15) is 28.7 Å². The molecule has 1 atom stereocenters. The van der Waals surface area contributed by atoms with Gasteiger partial charge in [0.15, 0.2) is 25.9 Å². The number of ketones is 1. The molecule has 2 heterocycles. The van der Waals surface area contributed by atoms with Crippen LogP contribution in [0.25, 0.3) is 0 Å². The van der Waals surface area contributed by atoms with Crippen LogP contribution in [0, 0.1) is 12.8 Å². The Balaban J connectivity index is 1.85. The molecule has 116 valence electrons. The molecule has 0 amide bonds. The lowest BCUT2D eigenvalue weighted by Gasteiger charge is -2.11. The minimum absolute atomic E-state index is 0.0203. The highest BCUT2D eigenvalue weighted by Crippen LogP contribution is 2.23. The van der Waals surface area contributed by atoms with E-state index < -0.39 is 9.84 Å². The number of nitrogens with zero attached hydrogens (tertiary/aromatic N) is 1. The molecule has 0 saturated carbocycles. The lowest BCUT2D eigenvalue weighted by atomic mass is 10.1. The lowest BCUT2D eigenvalue weighted by molar-refractivity contribution is 0.102. The summed E-state index contributed by atoms with van der Waals surface area (Å²) in [6.07, 6.45) is 0.669. The second-order valence-electron chi connectivity index (χ2n) is 5.09. The van der Waals surface area contributed by atoms with Gasteiger partial charge < -0.3 is 10.6 Å². The standard InChI is InChI=1S/C12H17N3O3S3/c1-7-10(8(2)16)20-12(14-7)15-11(19)13-5-9-3-4-21(17,18)6-9/h9H,3-6H2,1-2H3,(H2,13,14,15,19)/t9-/m0/s1. The Morgan fingerprint density at radius 3 is 2.76 bits per heavy atom. The first kappa shape index (κ1) is 16.3. The van der Waals surface area contributed by atoms with Crippen LogP contribution < -0.4 is 10.6 Å². The predicted octanol–water partition coefficient (Wildman–Crippen LogP) is 1.38. The third-order valence-corrected chi connectivity index (χ3v) is 6.47. The van der Waals surface area contributed by atoms with Crippen LogP contribution in [0.2, 0.25) is 0 Å². The van der Waals surface area contributed by atoms with Crippen molar-refractivity contribution in [1.29, 1.82) is 0 Å². The second kappa shape index (κ2) is 6.37. The van der Waals surface area contributed by atoms with Crippen LogP contribution in [-0.4, -0.2) is 42.3 Å². The van der Waals surface area contributed by atoms with E-state index >= 15 is 0 Å². The maximum Gasteiger partial charge on any atom is 0.189 e. The average molecular weight is 347 g/mol. The number of carbonyl (C=O) groups excluding carboxylic acids is 1. The van der Waals surface area contributed by atoms with E-state index in [2.05, 4.69) is 15.6 Å². The highest BCUT2D eigenvalue weighted by molar-refractivity contribution is 7.91. The van der Waals surface area contributed by atoms with Crippen LogP contribution >= 0.6 is 23.6 Å². The number of sulfone groups is 1. The van der Waals surface area contributed by atoms with Crippen LogP contribution in [-0.2, 0) is 9.84 Å². The van der Waals surface area contributed by atoms with Crippen molar-refractivity contribution in [3.05, 3.63) is 10.6 Å². The number of nitrogens with one attached hydrogen (secondary N) is 2. The fourth-order valence-electron chi connectivity index (χ4n) is 2.19. The Morgan fingerprint density at radius 2 is 2.24 bits per heavy atom. The molecule has 1 aromatic rings. The number of carbonyl (C=O) groups is 1. The molecule has 1 fully saturated rings. The number of Topliss-reactive ketones (excluding diaryl/α,β-unsaturated/α-hetero) is 1. The number of aryl methyl sites for hydroxylation is 1. The smallest absolute Gasteiger partial charge is 0.189 e. The summed E-state index contributed by atoms with van der Waals surface area (Å²) in [4.78, 5) is 16.2. The highest BCUT2D eigenvalue weighted by Gasteiger charge is 2.27. The zero-order valence-electron chi connectivity index (χ0n) is 11.8. The summed E-state index contributed by atoms with van der Waals surface area (Å²) in [5, 5.41) is 6.89. The monoisotopic (exact) mass is 347 g/mol. The molecule has 1 aliphatic rings. The Morgan fingerprint density at radius 1 is 1.52 bits per heavy atom. The van der Waals surface area contributed by atoms with Crippen LogP contribution in [0.3, 0.4) is 0 Å². The Bertz CT molecular complexity index is 667. The van der Waals surface area contributed by atoms with Gasteiger partial charge in [-0.2, -0.15) is 0 Å². The van der Waals surface area contributed by atoms with Crippen molar-refractivity contribution in [2.45, 2.75) is 20.3 Å². The van der Waals surface area contributed by atoms with E-state index in [0.29, 0.717) is 33.8 Å². The van der Waals surface area contributed by atoms with Gasteiger partial charge in [-0.3, -0.25) is 4.79 Å². The van der Waals surface area contributed by atoms with Gasteiger partial charge >= 0.3 is 0 Å². The molecule has 0 bridgehead atoms. The number of anilines is 1. The molecule has 0 unspecified atom stereocenters. The highest BCUT2D eigenvalue weighted by atomic mass is 32.2. The summed E-state index contributed by atoms with van der Waals surface area (Å²) >= 11 is 6.41. The van der Waals surface area contributed by atoms with E-state index in [-0.39, 0.29) is 23.2 Å². The molecule has 1 aromatic heterocycles. The molecule has 0 radical (unpaired) electrons. The maximum atomic E-state index is 11.4. The van der Waals surface area contributed by atoms with Gasteiger partial charge in [0, 0.05) is 13.5 Å². The largest absolute Gasteiger partial charge is 0.362 e. The maximum absolute atomic E-state index is 11.4. The zero-order chi connectivity index (χ0) is 15.6. The molecule has 1 saturated heterocycles. The van der Waals surface area contributed by atoms with Gasteiger partial charge in [0.1, 0.15) is 0 Å². The molecule has 9 heteroatoms. The van der Waals surface area contributed by atoms with Gasteiger partial charge in [-0.15, -0.1) is 0 Å². The van der Waals surface area contributed by atoms with E-state index in [1.807, 2.05) is 0 Å². The van der Waals surface area contributed by atoms with Crippen molar-refractivity contribution in [3.8, 4) is 0 Å². The summed E-state index contributed by atoms with van der Waals surface area (Å²) in [5.74, 6) is 0.550. The molecule has 2 N–H and O–H groups in total. The van der Waals surface area contributed by atoms with Gasteiger partial charge in [0.25, 0.3) is 0 Å². The number of rotatable bonds is 4. The Hall–Kier alpha value is -1.06. The Kier molecular flexibility index (Phi) is 4.95. The summed E-state index contributed by atoms with van der Waals surface area (Å²) in [5.41, 5.74) is 0.680. The summed E-state index contributed by atoms with van der Waals surface area (Å²) in [7, 11) is -2.87. The van der Waals surface area contributed by atoms with Crippen molar-refractivity contribution >= 4 is 49.4 Å². The summed E-state index contributed by atoms with van der Waals surface area (Å²) in [6, 6.07) is 0. The van der Waals surface area contributed by atoms with Crippen molar-refractivity contribution in [2.75, 3.05) is 23.4 Å². The van der Waals surface area contributed by atoms with E-state index in [0.717, 1.165) is 0 Å². The molecule has 0 aliphatic carbocycles. The van der Waals surface area contributed by atoms with Gasteiger partial charge in [-0.05, 0) is 31.5 Å². The molecular formula is C12H17N3O3S3. The molecular weight excluding hydrogens is 330 g/mol. The topological polar surface area (TPSA) is 88.2 Å².